The summed E-state index contributed by atoms with van der Waals surface area (Å²) in [6.07, 6.45) is -3.08. The number of carboxylic acid groups (broad SMARTS) is 1. The van der Waals surface area contributed by atoms with Crippen LogP contribution in [0.3, 0.4) is 0 Å². The van der Waals surface area contributed by atoms with E-state index in [4.69, 9.17) is 0 Å². The predicted octanol–water partition coefficient (Wildman–Crippen LogP) is 4.32. The lowest BCUT2D eigenvalue weighted by Crippen LogP contribution is -2.43. The molecule has 0 aliphatic heterocycles. The lowest BCUT2D eigenvalue weighted by molar-refractivity contribution is -0.139. The normalized spacial score (nSPS) is 12.4. The largest absolute Gasteiger partial charge is 0.480 e. The zero-order valence-electron chi connectivity index (χ0n) is 19.5. The number of carboxylic acids is 1. The number of carbonyl (C=O) groups excluding carboxylic acids is 1. The third-order valence-corrected chi connectivity index (χ3v) is 5.92. The number of halogens is 5. The number of aryl methyl sites for hydroxylation is 1. The number of alkyl halides is 3. The smallest absolute Gasteiger partial charge is 0.417 e. The van der Waals surface area contributed by atoms with Crippen LogP contribution in [0.2, 0.25) is 0 Å². The Hall–Kier alpha value is -4.61. The molecule has 4 aromatic rings. The van der Waals surface area contributed by atoms with Crippen LogP contribution >= 0.6 is 0 Å². The molecule has 0 aliphatic rings. The molecule has 1 amide bonds. The first kappa shape index (κ1) is 26.5. The van der Waals surface area contributed by atoms with Crippen molar-refractivity contribution in [3.05, 3.63) is 99.6 Å². The molecule has 1 atom stereocenters. The van der Waals surface area contributed by atoms with Crippen molar-refractivity contribution in [1.82, 2.24) is 14.9 Å². The van der Waals surface area contributed by atoms with Crippen LogP contribution in [-0.2, 0) is 24.4 Å². The van der Waals surface area contributed by atoms with Crippen molar-refractivity contribution in [2.75, 3.05) is 0 Å². The van der Waals surface area contributed by atoms with Crippen LogP contribution in [0, 0.1) is 11.6 Å². The molecule has 4 rings (SSSR count). The molecule has 0 saturated heterocycles. The van der Waals surface area contributed by atoms with E-state index in [2.05, 4.69) is 10.3 Å². The maximum atomic E-state index is 14.0. The second-order valence-electron chi connectivity index (χ2n) is 8.36. The summed E-state index contributed by atoms with van der Waals surface area (Å²) in [5, 5.41) is 12.2. The lowest BCUT2D eigenvalue weighted by Gasteiger charge is -2.18. The van der Waals surface area contributed by atoms with E-state index in [0.29, 0.717) is 0 Å². The molecule has 2 N–H and O–H groups in total. The topological polar surface area (TPSA) is 101 Å². The van der Waals surface area contributed by atoms with E-state index < -0.39 is 64.4 Å². The summed E-state index contributed by atoms with van der Waals surface area (Å²) in [5.41, 5.74) is -3.75. The number of fused-ring (bicyclic) bond motifs is 1. The van der Waals surface area contributed by atoms with Gasteiger partial charge in [0.05, 0.1) is 16.8 Å². The molecule has 0 spiro atoms. The Kier molecular flexibility index (Phi) is 6.99. The molecule has 2 aromatic carbocycles. The Morgan fingerprint density at radius 2 is 1.68 bits per heavy atom. The summed E-state index contributed by atoms with van der Waals surface area (Å²) in [5.74, 6) is -5.18. The van der Waals surface area contributed by atoms with Crippen molar-refractivity contribution in [3.8, 4) is 11.3 Å². The van der Waals surface area contributed by atoms with Gasteiger partial charge in [0.15, 0.2) is 0 Å². The average Bonchev–Trinajstić information content (AvgIpc) is 2.84. The van der Waals surface area contributed by atoms with Gasteiger partial charge in [-0.25, -0.2) is 13.6 Å². The highest BCUT2D eigenvalue weighted by Crippen LogP contribution is 2.37. The highest BCUT2D eigenvalue weighted by molar-refractivity contribution is 5.99. The minimum Gasteiger partial charge on any atom is -0.480 e. The summed E-state index contributed by atoms with van der Waals surface area (Å²) in [6, 6.07) is 7.60. The van der Waals surface area contributed by atoms with Crippen LogP contribution in [0.15, 0.2) is 65.7 Å². The van der Waals surface area contributed by atoms with E-state index in [9.17, 15) is 41.4 Å². The van der Waals surface area contributed by atoms with Gasteiger partial charge in [-0.15, -0.1) is 0 Å². The summed E-state index contributed by atoms with van der Waals surface area (Å²) >= 11 is 0. The number of nitrogens with zero attached hydrogens (tertiary/aromatic N) is 2. The van der Waals surface area contributed by atoms with Gasteiger partial charge in [0.1, 0.15) is 23.2 Å². The Morgan fingerprint density at radius 1 is 1.03 bits per heavy atom. The van der Waals surface area contributed by atoms with Gasteiger partial charge in [-0.2, -0.15) is 13.2 Å². The summed E-state index contributed by atoms with van der Waals surface area (Å²) in [7, 11) is 1.29. The van der Waals surface area contributed by atoms with Crippen LogP contribution in [0.4, 0.5) is 22.0 Å². The first-order valence-corrected chi connectivity index (χ1v) is 11.0. The fraction of sp³-hybridized carbons (Fsp3) is 0.154. The number of aromatic nitrogens is 2. The van der Waals surface area contributed by atoms with E-state index >= 15 is 0 Å². The molecule has 12 heteroatoms. The van der Waals surface area contributed by atoms with E-state index in [1.165, 1.54) is 37.5 Å². The molecular weight excluding hydrogens is 513 g/mol. The molecule has 196 valence electrons. The van der Waals surface area contributed by atoms with E-state index in [0.717, 1.165) is 35.0 Å². The maximum absolute atomic E-state index is 14.0. The van der Waals surface area contributed by atoms with Gasteiger partial charge >= 0.3 is 12.1 Å². The van der Waals surface area contributed by atoms with Gasteiger partial charge in [0.2, 0.25) is 0 Å². The number of hydrogen-bond donors (Lipinski definition) is 2. The van der Waals surface area contributed by atoms with Crippen molar-refractivity contribution in [3.63, 3.8) is 0 Å². The second kappa shape index (κ2) is 10.0. The lowest BCUT2D eigenvalue weighted by atomic mass is 9.95. The molecule has 2 aromatic heterocycles. The van der Waals surface area contributed by atoms with E-state index in [-0.39, 0.29) is 22.0 Å². The maximum Gasteiger partial charge on any atom is 0.417 e. The number of aliphatic carboxylic acids is 1. The zero-order valence-corrected chi connectivity index (χ0v) is 19.5. The van der Waals surface area contributed by atoms with Crippen molar-refractivity contribution < 1.29 is 36.6 Å². The first-order valence-electron chi connectivity index (χ1n) is 11.0. The highest BCUT2D eigenvalue weighted by Gasteiger charge is 2.36. The van der Waals surface area contributed by atoms with Crippen molar-refractivity contribution >= 4 is 22.6 Å². The predicted molar refractivity (Wildman–Crippen MR) is 126 cm³/mol. The Morgan fingerprint density at radius 3 is 2.32 bits per heavy atom. The third-order valence-electron chi connectivity index (χ3n) is 5.92. The summed E-state index contributed by atoms with van der Waals surface area (Å²) in [6.45, 7) is 0. The third kappa shape index (κ3) is 4.97. The minimum atomic E-state index is -4.86. The molecule has 0 radical (unpaired) electrons. The molecule has 38 heavy (non-hydrogen) atoms. The summed E-state index contributed by atoms with van der Waals surface area (Å²) in [4.78, 5) is 41.2. The highest BCUT2D eigenvalue weighted by atomic mass is 19.4. The summed E-state index contributed by atoms with van der Waals surface area (Å²) < 4.78 is 70.3. The molecule has 0 fully saturated rings. The molecule has 2 heterocycles. The fourth-order valence-corrected chi connectivity index (χ4v) is 4.11. The number of hydrogen-bond acceptors (Lipinski definition) is 4. The monoisotopic (exact) mass is 531 g/mol. The van der Waals surface area contributed by atoms with E-state index in [1.807, 2.05) is 0 Å². The zero-order chi connectivity index (χ0) is 27.8. The van der Waals surface area contributed by atoms with Gasteiger partial charge in [0.25, 0.3) is 11.5 Å². The van der Waals surface area contributed by atoms with Gasteiger partial charge in [-0.05, 0) is 35.2 Å². The molecular formula is C26H18F5N3O4. The van der Waals surface area contributed by atoms with Crippen molar-refractivity contribution in [1.29, 1.82) is 0 Å². The number of amides is 1. The Balaban J connectivity index is 1.79. The second-order valence-corrected chi connectivity index (χ2v) is 8.36. The Bertz CT molecular complexity index is 1610. The number of rotatable bonds is 6. The van der Waals surface area contributed by atoms with Gasteiger partial charge in [-0.3, -0.25) is 14.6 Å². The van der Waals surface area contributed by atoms with Crippen LogP contribution in [0.1, 0.15) is 21.5 Å². The van der Waals surface area contributed by atoms with Gasteiger partial charge in [0, 0.05) is 31.2 Å². The van der Waals surface area contributed by atoms with Gasteiger partial charge in [-0.1, -0.05) is 24.3 Å². The standard InChI is InChI=1S/C26H18F5N3O4/c1-34-11-9-16(26(29,30)31)20(24(34)36)22-15-5-2-4-13(14(15)8-10-32-22)12-19(25(37)38)33-23(35)21-17(27)6-3-7-18(21)28/h2-11,19H,12H2,1H3,(H,33,35)(H,37,38)/t19-/m0/s1. The van der Waals surface area contributed by atoms with E-state index in [1.54, 1.807) is 0 Å². The van der Waals surface area contributed by atoms with Crippen molar-refractivity contribution in [2.45, 2.75) is 18.6 Å². The SMILES string of the molecule is Cn1ccc(C(F)(F)F)c(-c2nccc3c(C[C@H](NC(=O)c4c(F)cccc4F)C(=O)O)cccc23)c1=O. The van der Waals surface area contributed by atoms with Crippen LogP contribution < -0.4 is 10.9 Å². The average molecular weight is 531 g/mol. The molecule has 7 nitrogen and oxygen atoms in total. The number of carbonyl (C=O) groups is 2. The molecule has 0 bridgehead atoms. The molecule has 0 aliphatic carbocycles. The minimum absolute atomic E-state index is 0.134. The first-order chi connectivity index (χ1) is 17.9. The number of benzene rings is 2. The molecule has 0 unspecified atom stereocenters. The molecule has 0 saturated carbocycles. The number of pyridine rings is 2. The van der Waals surface area contributed by atoms with Crippen LogP contribution in [0.25, 0.3) is 22.0 Å². The van der Waals surface area contributed by atoms with Crippen molar-refractivity contribution in [2.24, 2.45) is 7.05 Å². The number of nitrogens with one attached hydrogen (secondary N) is 1. The van der Waals surface area contributed by atoms with Crippen LogP contribution in [-0.4, -0.2) is 32.6 Å². The quantitative estimate of drug-likeness (QED) is 0.361. The van der Waals surface area contributed by atoms with Gasteiger partial charge < -0.3 is 15.0 Å². The van der Waals surface area contributed by atoms with Crippen LogP contribution in [0.5, 0.6) is 0 Å². The fourth-order valence-electron chi connectivity index (χ4n) is 4.11. The Labute approximate surface area is 211 Å².